The first-order chi connectivity index (χ1) is 24.8. The van der Waals surface area contributed by atoms with E-state index in [1.165, 1.54) is 42.1 Å². The second-order valence-corrected chi connectivity index (χ2v) is 13.9. The Morgan fingerprint density at radius 2 is 0.920 bits per heavy atom. The lowest BCUT2D eigenvalue weighted by atomic mass is 9.96. The van der Waals surface area contributed by atoms with Crippen molar-refractivity contribution in [1.29, 1.82) is 0 Å². The van der Waals surface area contributed by atoms with Crippen LogP contribution in [0.3, 0.4) is 0 Å². The second-order valence-electron chi connectivity index (χ2n) is 12.9. The van der Waals surface area contributed by atoms with Crippen LogP contribution in [0.5, 0.6) is 0 Å². The summed E-state index contributed by atoms with van der Waals surface area (Å²) in [4.78, 5) is 2.33. The summed E-state index contributed by atoms with van der Waals surface area (Å²) < 4.78 is 15.1. The quantitative estimate of drug-likeness (QED) is 0.189. The second kappa shape index (κ2) is 10.6. The van der Waals surface area contributed by atoms with Crippen LogP contribution in [0.25, 0.3) is 85.9 Å². The predicted octanol–water partition coefficient (Wildman–Crippen LogP) is 14.1. The van der Waals surface area contributed by atoms with Gasteiger partial charge in [-0.05, 0) is 89.1 Å². The Balaban J connectivity index is 1.11. The summed E-state index contributed by atoms with van der Waals surface area (Å²) in [6.07, 6.45) is 0. The van der Waals surface area contributed by atoms with Crippen molar-refractivity contribution >= 4 is 103 Å². The van der Waals surface area contributed by atoms with Crippen molar-refractivity contribution in [3.63, 3.8) is 0 Å². The molecule has 234 valence electrons. The van der Waals surface area contributed by atoms with Crippen molar-refractivity contribution in [2.45, 2.75) is 0 Å². The van der Waals surface area contributed by atoms with Gasteiger partial charge in [-0.15, -0.1) is 11.3 Å². The molecule has 0 atom stereocenters. The summed E-state index contributed by atoms with van der Waals surface area (Å²) in [5.41, 5.74) is 9.19. The molecule has 0 aliphatic carbocycles. The number of benzene rings is 8. The molecule has 0 unspecified atom stereocenters. The third-order valence-corrected chi connectivity index (χ3v) is 11.2. The van der Waals surface area contributed by atoms with Crippen LogP contribution in [0.15, 0.2) is 173 Å². The molecule has 0 N–H and O–H groups in total. The van der Waals surface area contributed by atoms with Gasteiger partial charge in [-0.25, -0.2) is 0 Å². The van der Waals surface area contributed by atoms with Crippen LogP contribution in [0.2, 0.25) is 0 Å². The number of fused-ring (bicyclic) bond motifs is 11. The van der Waals surface area contributed by atoms with Gasteiger partial charge in [0.15, 0.2) is 0 Å². The molecule has 3 heterocycles. The number of anilines is 3. The predicted molar refractivity (Wildman–Crippen MR) is 212 cm³/mol. The lowest BCUT2D eigenvalue weighted by Crippen LogP contribution is -2.09. The van der Waals surface area contributed by atoms with Crippen LogP contribution in [0, 0.1) is 0 Å². The van der Waals surface area contributed by atoms with E-state index in [2.05, 4.69) is 144 Å². The molecule has 0 aliphatic rings. The Labute approximate surface area is 290 Å². The van der Waals surface area contributed by atoms with Gasteiger partial charge in [-0.3, -0.25) is 0 Å². The topological polar surface area (TPSA) is 29.5 Å². The number of rotatable bonds is 4. The fraction of sp³-hybridized carbons (Fsp3) is 0. The average molecular weight is 658 g/mol. The van der Waals surface area contributed by atoms with Crippen molar-refractivity contribution in [2.75, 3.05) is 4.90 Å². The molecule has 8 aromatic carbocycles. The lowest BCUT2D eigenvalue weighted by Gasteiger charge is -2.26. The lowest BCUT2D eigenvalue weighted by molar-refractivity contribution is 0.668. The van der Waals surface area contributed by atoms with Crippen LogP contribution in [-0.2, 0) is 0 Å². The van der Waals surface area contributed by atoms with Gasteiger partial charge in [0.2, 0.25) is 0 Å². The van der Waals surface area contributed by atoms with Gasteiger partial charge >= 0.3 is 0 Å². The molecule has 0 radical (unpaired) electrons. The molecule has 11 rings (SSSR count). The summed E-state index contributed by atoms with van der Waals surface area (Å²) in [6, 6.07) is 58.4. The van der Waals surface area contributed by atoms with Gasteiger partial charge in [0.05, 0.1) is 0 Å². The van der Waals surface area contributed by atoms with Crippen molar-refractivity contribution < 1.29 is 8.83 Å². The highest BCUT2D eigenvalue weighted by molar-refractivity contribution is 7.26. The molecule has 3 aromatic heterocycles. The molecule has 0 bridgehead atoms. The number of para-hydroxylation sites is 2. The van der Waals surface area contributed by atoms with Gasteiger partial charge in [0.1, 0.15) is 22.3 Å². The van der Waals surface area contributed by atoms with Gasteiger partial charge < -0.3 is 13.7 Å². The zero-order valence-electron chi connectivity index (χ0n) is 26.8. The normalized spacial score (nSPS) is 12.0. The molecule has 3 nitrogen and oxygen atoms in total. The highest BCUT2D eigenvalue weighted by Gasteiger charge is 2.19. The minimum atomic E-state index is 0.880. The molecule has 0 aliphatic heterocycles. The summed E-state index contributed by atoms with van der Waals surface area (Å²) >= 11 is 1.88. The van der Waals surface area contributed by atoms with Gasteiger partial charge in [-0.2, -0.15) is 0 Å². The summed E-state index contributed by atoms with van der Waals surface area (Å²) in [5, 5.41) is 9.62. The van der Waals surface area contributed by atoms with Crippen LogP contribution >= 0.6 is 11.3 Å². The maximum Gasteiger partial charge on any atom is 0.135 e. The van der Waals surface area contributed by atoms with Gasteiger partial charge in [-0.1, -0.05) is 91.0 Å². The minimum Gasteiger partial charge on any atom is -0.456 e. The molecular weight excluding hydrogens is 631 g/mol. The van der Waals surface area contributed by atoms with E-state index >= 15 is 0 Å². The number of thiophene rings is 1. The zero-order valence-corrected chi connectivity index (χ0v) is 27.6. The van der Waals surface area contributed by atoms with E-state index < -0.39 is 0 Å². The number of hydrogen-bond donors (Lipinski definition) is 0. The van der Waals surface area contributed by atoms with Crippen LogP contribution in [0.4, 0.5) is 17.1 Å². The Kier molecular flexibility index (Phi) is 5.83. The first-order valence-corrected chi connectivity index (χ1v) is 17.6. The van der Waals surface area contributed by atoms with Crippen LogP contribution < -0.4 is 4.90 Å². The summed E-state index contributed by atoms with van der Waals surface area (Å²) in [5.74, 6) is 0. The SMILES string of the molecule is c1ccc2c(c1)cc(-c1ccc(N(c3ccc4oc5ccccc5c4c3)c3ccc4oc5ccccc5c4c3)cc1)c1sc3ccccc3c12. The Bertz CT molecular complexity index is 2990. The molecule has 0 saturated carbocycles. The third-order valence-electron chi connectivity index (χ3n) is 10.0. The van der Waals surface area contributed by atoms with E-state index in [1.807, 2.05) is 35.6 Å². The minimum absolute atomic E-state index is 0.880. The van der Waals surface area contributed by atoms with E-state index in [4.69, 9.17) is 8.83 Å². The maximum absolute atomic E-state index is 6.22. The Morgan fingerprint density at radius 1 is 0.400 bits per heavy atom. The van der Waals surface area contributed by atoms with E-state index in [9.17, 15) is 0 Å². The highest BCUT2D eigenvalue weighted by atomic mass is 32.1. The largest absolute Gasteiger partial charge is 0.456 e. The molecular formula is C46H27NO2S. The highest BCUT2D eigenvalue weighted by Crippen LogP contribution is 2.46. The summed E-state index contributed by atoms with van der Waals surface area (Å²) in [6.45, 7) is 0. The van der Waals surface area contributed by atoms with Crippen molar-refractivity contribution in [3.8, 4) is 11.1 Å². The Morgan fingerprint density at radius 3 is 1.58 bits per heavy atom. The monoisotopic (exact) mass is 657 g/mol. The molecule has 0 fully saturated rings. The van der Waals surface area contributed by atoms with Gasteiger partial charge in [0, 0.05) is 64.3 Å². The van der Waals surface area contributed by atoms with Crippen LogP contribution in [0.1, 0.15) is 0 Å². The average Bonchev–Trinajstić information content (AvgIpc) is 3.86. The van der Waals surface area contributed by atoms with E-state index in [0.717, 1.165) is 60.9 Å². The van der Waals surface area contributed by atoms with Crippen molar-refractivity contribution in [3.05, 3.63) is 164 Å². The standard InChI is InChI=1S/C46H27NO2S/c1-2-10-33-29(9-1)25-37(46-45(33)36-13-5-8-16-44(36)50-46)28-17-19-30(20-18-28)47(31-21-23-42-38(26-31)34-11-3-6-14-40(34)48-42)32-22-24-43-39(27-32)35-12-4-7-15-41(35)49-43/h1-27H. The molecule has 0 amide bonds. The van der Waals surface area contributed by atoms with E-state index in [1.54, 1.807) is 0 Å². The molecule has 0 saturated heterocycles. The summed E-state index contributed by atoms with van der Waals surface area (Å²) in [7, 11) is 0. The third kappa shape index (κ3) is 4.09. The van der Waals surface area contributed by atoms with Crippen molar-refractivity contribution in [2.24, 2.45) is 0 Å². The first-order valence-electron chi connectivity index (χ1n) is 16.8. The molecule has 0 spiro atoms. The fourth-order valence-electron chi connectivity index (χ4n) is 7.73. The fourth-order valence-corrected chi connectivity index (χ4v) is 8.99. The maximum atomic E-state index is 6.22. The first kappa shape index (κ1) is 27.6. The smallest absolute Gasteiger partial charge is 0.135 e. The molecule has 11 aromatic rings. The molecule has 50 heavy (non-hydrogen) atoms. The van der Waals surface area contributed by atoms with Gasteiger partial charge in [0.25, 0.3) is 0 Å². The number of hydrogen-bond acceptors (Lipinski definition) is 4. The van der Waals surface area contributed by atoms with Crippen LogP contribution in [-0.4, -0.2) is 0 Å². The number of nitrogens with zero attached hydrogens (tertiary/aromatic N) is 1. The van der Waals surface area contributed by atoms with Crippen molar-refractivity contribution in [1.82, 2.24) is 0 Å². The number of furan rings is 2. The Hall–Kier alpha value is -6.36. The van der Waals surface area contributed by atoms with E-state index in [-0.39, 0.29) is 0 Å². The van der Waals surface area contributed by atoms with E-state index in [0.29, 0.717) is 0 Å². The molecule has 4 heteroatoms. The zero-order chi connectivity index (χ0) is 32.8.